The van der Waals surface area contributed by atoms with Crippen molar-refractivity contribution in [3.8, 4) is 0 Å². The summed E-state index contributed by atoms with van der Waals surface area (Å²) < 4.78 is 0. The number of nitrogens with one attached hydrogen (secondary N) is 1. The average molecular weight is 329 g/mol. The first-order chi connectivity index (χ1) is 12.4. The highest BCUT2D eigenvalue weighted by molar-refractivity contribution is 5.55. The highest BCUT2D eigenvalue weighted by Crippen LogP contribution is 2.36. The first-order valence-electron chi connectivity index (χ1n) is 9.63. The lowest BCUT2D eigenvalue weighted by Crippen LogP contribution is -2.49. The summed E-state index contributed by atoms with van der Waals surface area (Å²) in [5, 5.41) is 3.94. The Morgan fingerprint density at radius 2 is 1.52 bits per heavy atom. The van der Waals surface area contributed by atoms with Gasteiger partial charge in [-0.05, 0) is 49.1 Å². The van der Waals surface area contributed by atoms with Crippen LogP contribution in [0.3, 0.4) is 0 Å². The van der Waals surface area contributed by atoms with Gasteiger partial charge in [-0.2, -0.15) is 0 Å². The van der Waals surface area contributed by atoms with E-state index < -0.39 is 0 Å². The Hall–Kier alpha value is -2.12. The summed E-state index contributed by atoms with van der Waals surface area (Å²) in [4.78, 5) is 0. The van der Waals surface area contributed by atoms with E-state index in [2.05, 4.69) is 84.2 Å². The first kappa shape index (κ1) is 16.4. The van der Waals surface area contributed by atoms with Crippen LogP contribution in [-0.4, -0.2) is 12.1 Å². The number of fused-ring (bicyclic) bond motifs is 1. The number of hydrogen-bond acceptors (Lipinski definition) is 1. The Labute approximate surface area is 151 Å². The van der Waals surface area contributed by atoms with Crippen molar-refractivity contribution in [3.63, 3.8) is 0 Å². The molecule has 0 spiro atoms. The molecule has 3 unspecified atom stereocenters. The average Bonchev–Trinajstić information content (AvgIpc) is 2.68. The highest BCUT2D eigenvalue weighted by atomic mass is 15.0. The van der Waals surface area contributed by atoms with Crippen molar-refractivity contribution in [3.05, 3.63) is 83.4 Å². The van der Waals surface area contributed by atoms with Gasteiger partial charge in [-0.25, -0.2) is 0 Å². The topological polar surface area (TPSA) is 12.0 Å². The normalized spacial score (nSPS) is 28.2. The van der Waals surface area contributed by atoms with Crippen LogP contribution in [-0.2, 0) is 0 Å². The Morgan fingerprint density at radius 1 is 0.800 bits per heavy atom. The van der Waals surface area contributed by atoms with Gasteiger partial charge in [-0.1, -0.05) is 84.5 Å². The molecule has 1 aliphatic heterocycles. The van der Waals surface area contributed by atoms with Crippen LogP contribution in [0.15, 0.2) is 72.3 Å². The smallest absolute Gasteiger partial charge is 0.0316 e. The second kappa shape index (κ2) is 7.84. The van der Waals surface area contributed by atoms with Gasteiger partial charge in [-0.3, -0.25) is 0 Å². The minimum atomic E-state index is 0.485. The molecule has 4 rings (SSSR count). The van der Waals surface area contributed by atoms with E-state index >= 15 is 0 Å². The van der Waals surface area contributed by atoms with Gasteiger partial charge in [0, 0.05) is 12.1 Å². The van der Waals surface area contributed by atoms with Crippen molar-refractivity contribution >= 4 is 12.2 Å². The Kier molecular flexibility index (Phi) is 5.13. The van der Waals surface area contributed by atoms with Gasteiger partial charge in [0.15, 0.2) is 0 Å². The monoisotopic (exact) mass is 329 g/mol. The minimum absolute atomic E-state index is 0.485. The van der Waals surface area contributed by atoms with Crippen molar-refractivity contribution in [2.45, 2.75) is 44.2 Å². The van der Waals surface area contributed by atoms with Crippen LogP contribution < -0.4 is 5.32 Å². The molecule has 0 radical (unpaired) electrons. The van der Waals surface area contributed by atoms with E-state index in [4.69, 9.17) is 0 Å². The molecule has 2 aliphatic rings. The molecule has 2 aromatic rings. The van der Waals surface area contributed by atoms with Gasteiger partial charge in [-0.15, -0.1) is 0 Å². The standard InChI is InChI=1S/C24H27N/c1-3-8-19(9-4-1)14-16-23-17-15-21-12-7-13-22(24(21)25-23)18-20-10-5-2-6-11-20/h1-6,8-11,14,16,18,21,23-25H,7,12-13,15,17H2/b16-14+,22-18-. The van der Waals surface area contributed by atoms with Crippen molar-refractivity contribution in [2.75, 3.05) is 0 Å². The SMILES string of the molecule is C(=C1\CCCC2CCC(/C=C/c3ccccc3)NC12)/c1ccccc1. The fourth-order valence-corrected chi connectivity index (χ4v) is 4.32. The lowest BCUT2D eigenvalue weighted by atomic mass is 9.74. The summed E-state index contributed by atoms with van der Waals surface area (Å²) in [7, 11) is 0. The fraction of sp³-hybridized carbons (Fsp3) is 0.333. The van der Waals surface area contributed by atoms with Crippen molar-refractivity contribution in [1.29, 1.82) is 0 Å². The van der Waals surface area contributed by atoms with E-state index in [1.165, 1.54) is 43.2 Å². The third-order valence-corrected chi connectivity index (χ3v) is 5.63. The van der Waals surface area contributed by atoms with Gasteiger partial charge in [0.05, 0.1) is 0 Å². The Morgan fingerprint density at radius 3 is 2.28 bits per heavy atom. The van der Waals surface area contributed by atoms with E-state index in [-0.39, 0.29) is 0 Å². The molecule has 0 bridgehead atoms. The number of benzene rings is 2. The van der Waals surface area contributed by atoms with Crippen molar-refractivity contribution in [1.82, 2.24) is 5.32 Å². The molecular formula is C24H27N. The molecule has 0 amide bonds. The maximum Gasteiger partial charge on any atom is 0.0316 e. The maximum absolute atomic E-state index is 3.94. The Balaban J connectivity index is 1.49. The van der Waals surface area contributed by atoms with Gasteiger partial charge in [0.25, 0.3) is 0 Å². The molecule has 1 nitrogen and oxygen atoms in total. The molecule has 1 saturated heterocycles. The zero-order valence-corrected chi connectivity index (χ0v) is 14.8. The van der Waals surface area contributed by atoms with Crippen molar-refractivity contribution < 1.29 is 0 Å². The summed E-state index contributed by atoms with van der Waals surface area (Å²) in [5.74, 6) is 0.810. The van der Waals surface area contributed by atoms with Gasteiger partial charge >= 0.3 is 0 Å². The van der Waals surface area contributed by atoms with Gasteiger partial charge in [0.2, 0.25) is 0 Å². The summed E-state index contributed by atoms with van der Waals surface area (Å²) >= 11 is 0. The van der Waals surface area contributed by atoms with Crippen LogP contribution in [0.1, 0.15) is 43.2 Å². The third-order valence-electron chi connectivity index (χ3n) is 5.63. The van der Waals surface area contributed by atoms with E-state index in [0.717, 1.165) is 5.92 Å². The molecule has 2 aromatic carbocycles. The largest absolute Gasteiger partial charge is 0.304 e. The second-order valence-electron chi connectivity index (χ2n) is 7.38. The number of hydrogen-bond donors (Lipinski definition) is 1. The summed E-state index contributed by atoms with van der Waals surface area (Å²) in [6.45, 7) is 0. The van der Waals surface area contributed by atoms with Crippen LogP contribution in [0, 0.1) is 5.92 Å². The molecule has 128 valence electrons. The quantitative estimate of drug-likeness (QED) is 0.761. The molecule has 2 fully saturated rings. The predicted molar refractivity (Wildman–Crippen MR) is 107 cm³/mol. The zero-order valence-electron chi connectivity index (χ0n) is 14.8. The lowest BCUT2D eigenvalue weighted by molar-refractivity contribution is 0.237. The molecule has 3 atom stereocenters. The molecule has 1 heterocycles. The lowest BCUT2D eigenvalue weighted by Gasteiger charge is -2.41. The van der Waals surface area contributed by atoms with Crippen LogP contribution in [0.25, 0.3) is 12.2 Å². The summed E-state index contributed by atoms with van der Waals surface area (Å²) in [6, 6.07) is 22.4. The number of piperidine rings is 1. The summed E-state index contributed by atoms with van der Waals surface area (Å²) in [5.41, 5.74) is 4.22. The molecule has 1 N–H and O–H groups in total. The van der Waals surface area contributed by atoms with Gasteiger partial charge < -0.3 is 5.32 Å². The summed E-state index contributed by atoms with van der Waals surface area (Å²) in [6.07, 6.45) is 13.6. The highest BCUT2D eigenvalue weighted by Gasteiger charge is 2.33. The van der Waals surface area contributed by atoms with E-state index in [0.29, 0.717) is 12.1 Å². The van der Waals surface area contributed by atoms with Crippen LogP contribution >= 0.6 is 0 Å². The van der Waals surface area contributed by atoms with Crippen LogP contribution in [0.4, 0.5) is 0 Å². The maximum atomic E-state index is 3.94. The molecule has 25 heavy (non-hydrogen) atoms. The molecule has 1 heteroatoms. The first-order valence-corrected chi connectivity index (χ1v) is 9.63. The van der Waals surface area contributed by atoms with Crippen LogP contribution in [0.5, 0.6) is 0 Å². The Bertz CT molecular complexity index is 729. The predicted octanol–water partition coefficient (Wildman–Crippen LogP) is 5.70. The molecule has 1 saturated carbocycles. The van der Waals surface area contributed by atoms with Gasteiger partial charge in [0.1, 0.15) is 0 Å². The van der Waals surface area contributed by atoms with E-state index in [9.17, 15) is 0 Å². The van der Waals surface area contributed by atoms with Crippen LogP contribution in [0.2, 0.25) is 0 Å². The molecule has 0 aromatic heterocycles. The van der Waals surface area contributed by atoms with E-state index in [1.54, 1.807) is 5.57 Å². The second-order valence-corrected chi connectivity index (χ2v) is 7.38. The van der Waals surface area contributed by atoms with E-state index in [1.807, 2.05) is 0 Å². The molecule has 1 aliphatic carbocycles. The minimum Gasteiger partial charge on any atom is -0.304 e. The fourth-order valence-electron chi connectivity index (χ4n) is 4.32. The zero-order chi connectivity index (χ0) is 16.9. The number of rotatable bonds is 3. The molecular weight excluding hydrogens is 302 g/mol. The van der Waals surface area contributed by atoms with Crippen molar-refractivity contribution in [2.24, 2.45) is 5.92 Å². The third kappa shape index (κ3) is 4.11.